The Hall–Kier alpha value is -3.70. The lowest BCUT2D eigenvalue weighted by Gasteiger charge is -2.34. The highest BCUT2D eigenvalue weighted by Gasteiger charge is 2.32. The van der Waals surface area contributed by atoms with Gasteiger partial charge in [0.25, 0.3) is 5.91 Å². The van der Waals surface area contributed by atoms with Crippen molar-refractivity contribution in [2.75, 3.05) is 13.1 Å². The molecule has 0 saturated heterocycles. The highest BCUT2D eigenvalue weighted by atomic mass is 16.2. The van der Waals surface area contributed by atoms with Gasteiger partial charge in [0, 0.05) is 18.7 Å². The Morgan fingerprint density at radius 3 is 2.44 bits per heavy atom. The molecule has 2 N–H and O–H groups in total. The van der Waals surface area contributed by atoms with E-state index in [0.717, 1.165) is 34.4 Å². The number of aryl methyl sites for hydroxylation is 1. The summed E-state index contributed by atoms with van der Waals surface area (Å²) in [5.41, 5.74) is 11.9. The molecule has 4 rings (SSSR count). The van der Waals surface area contributed by atoms with Crippen LogP contribution in [0.4, 0.5) is 0 Å². The topological polar surface area (TPSA) is 64.2 Å². The molecule has 0 radical (unpaired) electrons. The van der Waals surface area contributed by atoms with Crippen LogP contribution in [0.1, 0.15) is 59.2 Å². The lowest BCUT2D eigenvalue weighted by Crippen LogP contribution is -2.40. The number of nitrogens with two attached hydrogens (primary N) is 1. The maximum Gasteiger partial charge on any atom is 0.254 e. The first-order valence-electron chi connectivity index (χ1n) is 12.7. The van der Waals surface area contributed by atoms with Gasteiger partial charge in [0.1, 0.15) is 5.82 Å². The summed E-state index contributed by atoms with van der Waals surface area (Å²) in [5.74, 6) is 1.04. The number of amides is 1. The van der Waals surface area contributed by atoms with Crippen LogP contribution >= 0.6 is 0 Å². The van der Waals surface area contributed by atoms with Crippen molar-refractivity contribution in [3.63, 3.8) is 0 Å². The van der Waals surface area contributed by atoms with E-state index in [1.807, 2.05) is 48.2 Å². The van der Waals surface area contributed by atoms with Crippen LogP contribution in [0.25, 0.3) is 17.1 Å². The summed E-state index contributed by atoms with van der Waals surface area (Å²) in [7, 11) is 0. The minimum atomic E-state index is -0.214. The van der Waals surface area contributed by atoms with Crippen LogP contribution in [0.5, 0.6) is 0 Å². The van der Waals surface area contributed by atoms with E-state index in [2.05, 4.69) is 67.5 Å². The highest BCUT2D eigenvalue weighted by molar-refractivity contribution is 5.94. The monoisotopic (exact) mass is 480 g/mol. The minimum Gasteiger partial charge on any atom is -0.330 e. The second-order valence-electron chi connectivity index (χ2n) is 9.69. The lowest BCUT2D eigenvalue weighted by atomic mass is 9.99. The summed E-state index contributed by atoms with van der Waals surface area (Å²) in [4.78, 5) is 21.0. The first-order chi connectivity index (χ1) is 17.4. The summed E-state index contributed by atoms with van der Waals surface area (Å²) < 4.78 is 2.26. The molecular weight excluding hydrogens is 444 g/mol. The fourth-order valence-corrected chi connectivity index (χ4v) is 4.74. The third-order valence-electron chi connectivity index (χ3n) is 6.62. The Bertz CT molecular complexity index is 1320. The van der Waals surface area contributed by atoms with Crippen molar-refractivity contribution in [1.29, 1.82) is 0 Å². The van der Waals surface area contributed by atoms with Crippen molar-refractivity contribution in [1.82, 2.24) is 14.5 Å². The van der Waals surface area contributed by atoms with Gasteiger partial charge in [-0.25, -0.2) is 4.98 Å². The largest absolute Gasteiger partial charge is 0.330 e. The predicted octanol–water partition coefficient (Wildman–Crippen LogP) is 6.22. The number of carbonyl (C=O) groups excluding carboxylic acids is 1. The second-order valence-corrected chi connectivity index (χ2v) is 9.69. The number of hydrogen-bond acceptors (Lipinski definition) is 3. The summed E-state index contributed by atoms with van der Waals surface area (Å²) in [6.07, 6.45) is 2.56. The van der Waals surface area contributed by atoms with Gasteiger partial charge in [-0.2, -0.15) is 0 Å². The molecule has 0 fully saturated rings. The first-order valence-corrected chi connectivity index (χ1v) is 12.7. The molecule has 0 aliphatic heterocycles. The Balaban J connectivity index is 1.87. The summed E-state index contributed by atoms with van der Waals surface area (Å²) in [6.45, 7) is 12.0. The molecule has 0 aliphatic rings. The number of fused-ring (bicyclic) bond motifs is 1. The third-order valence-corrected chi connectivity index (χ3v) is 6.62. The van der Waals surface area contributed by atoms with Gasteiger partial charge in [-0.1, -0.05) is 80.6 Å². The molecule has 186 valence electrons. The van der Waals surface area contributed by atoms with Crippen molar-refractivity contribution < 1.29 is 4.79 Å². The predicted molar refractivity (Wildman–Crippen MR) is 149 cm³/mol. The van der Waals surface area contributed by atoms with Gasteiger partial charge in [-0.3, -0.25) is 4.79 Å². The molecule has 0 unspecified atom stereocenters. The Morgan fingerprint density at radius 2 is 1.81 bits per heavy atom. The molecule has 3 aromatic carbocycles. The third kappa shape index (κ3) is 5.42. The van der Waals surface area contributed by atoms with E-state index in [4.69, 9.17) is 10.7 Å². The van der Waals surface area contributed by atoms with Crippen molar-refractivity contribution >= 4 is 23.0 Å². The van der Waals surface area contributed by atoms with Crippen molar-refractivity contribution in [3.05, 3.63) is 107 Å². The van der Waals surface area contributed by atoms with Crippen LogP contribution in [-0.4, -0.2) is 33.4 Å². The van der Waals surface area contributed by atoms with Gasteiger partial charge >= 0.3 is 0 Å². The van der Waals surface area contributed by atoms with Crippen LogP contribution in [0, 0.1) is 12.8 Å². The van der Waals surface area contributed by atoms with Crippen LogP contribution in [-0.2, 0) is 6.54 Å². The van der Waals surface area contributed by atoms with Gasteiger partial charge in [0.05, 0.1) is 17.1 Å². The molecule has 0 spiro atoms. The van der Waals surface area contributed by atoms with Gasteiger partial charge in [-0.05, 0) is 61.2 Å². The number of nitrogens with zero attached hydrogens (tertiary/aromatic N) is 3. The van der Waals surface area contributed by atoms with E-state index >= 15 is 0 Å². The molecule has 1 heterocycles. The van der Waals surface area contributed by atoms with Crippen LogP contribution < -0.4 is 5.73 Å². The average Bonchev–Trinajstić information content (AvgIpc) is 3.23. The molecule has 5 heteroatoms. The number of imidazole rings is 1. The van der Waals surface area contributed by atoms with Crippen LogP contribution in [0.3, 0.4) is 0 Å². The fraction of sp³-hybridized carbons (Fsp3) is 0.290. The fourth-order valence-electron chi connectivity index (χ4n) is 4.74. The van der Waals surface area contributed by atoms with E-state index in [1.165, 1.54) is 5.56 Å². The van der Waals surface area contributed by atoms with E-state index in [0.29, 0.717) is 25.2 Å². The van der Waals surface area contributed by atoms with Crippen LogP contribution in [0.15, 0.2) is 79.4 Å². The second kappa shape index (κ2) is 11.4. The van der Waals surface area contributed by atoms with Crippen molar-refractivity contribution in [2.45, 2.75) is 39.8 Å². The highest BCUT2D eigenvalue weighted by Crippen LogP contribution is 2.33. The van der Waals surface area contributed by atoms with Crippen LogP contribution in [0.2, 0.25) is 0 Å². The molecule has 0 aliphatic carbocycles. The maximum absolute atomic E-state index is 13.9. The molecular formula is C31H36N4O. The number of hydrogen-bond donors (Lipinski definition) is 1. The standard InChI is InChI=1S/C31H36N4O/c1-5-24-14-17-28-27(20-24)33-30(35(28)21-25-10-7-6-8-11-25)29(22(2)3)34(19-9-18-32)31(36)26-15-12-23(4)13-16-26/h5-8,10-17,20,22,29H,1,9,18-19,21,32H2,2-4H3/t29-/m1/s1. The van der Waals surface area contributed by atoms with Crippen molar-refractivity contribution in [3.8, 4) is 0 Å². The first kappa shape index (κ1) is 25.4. The number of benzene rings is 3. The zero-order valence-corrected chi connectivity index (χ0v) is 21.5. The van der Waals surface area contributed by atoms with E-state index < -0.39 is 0 Å². The molecule has 0 bridgehead atoms. The Labute approximate surface area is 214 Å². The number of carbonyl (C=O) groups is 1. The Morgan fingerprint density at radius 1 is 1.08 bits per heavy atom. The van der Waals surface area contributed by atoms with E-state index in [-0.39, 0.29) is 17.9 Å². The molecule has 1 atom stereocenters. The zero-order chi connectivity index (χ0) is 25.7. The molecule has 0 saturated carbocycles. The van der Waals surface area contributed by atoms with Gasteiger partial charge in [0.15, 0.2) is 0 Å². The summed E-state index contributed by atoms with van der Waals surface area (Å²) >= 11 is 0. The molecule has 1 amide bonds. The van der Waals surface area contributed by atoms with Gasteiger partial charge < -0.3 is 15.2 Å². The minimum absolute atomic E-state index is 0.00671. The molecule has 1 aromatic heterocycles. The molecule has 4 aromatic rings. The average molecular weight is 481 g/mol. The summed E-state index contributed by atoms with van der Waals surface area (Å²) in [6, 6.07) is 24.2. The molecule has 36 heavy (non-hydrogen) atoms. The Kier molecular flexibility index (Phi) is 8.01. The van der Waals surface area contributed by atoms with E-state index in [9.17, 15) is 4.79 Å². The normalized spacial score (nSPS) is 12.1. The lowest BCUT2D eigenvalue weighted by molar-refractivity contribution is 0.0605. The SMILES string of the molecule is C=Cc1ccc2c(c1)nc([C@@H](C(C)C)N(CCCN)C(=O)c1ccc(C)cc1)n2Cc1ccccc1. The van der Waals surface area contributed by atoms with E-state index in [1.54, 1.807) is 0 Å². The number of rotatable bonds is 10. The molecule has 5 nitrogen and oxygen atoms in total. The zero-order valence-electron chi connectivity index (χ0n) is 21.5. The van der Waals surface area contributed by atoms with Gasteiger partial charge in [-0.15, -0.1) is 0 Å². The smallest absolute Gasteiger partial charge is 0.254 e. The summed E-state index contributed by atoms with van der Waals surface area (Å²) in [5, 5.41) is 0. The number of aromatic nitrogens is 2. The maximum atomic E-state index is 13.9. The quantitative estimate of drug-likeness (QED) is 0.293. The van der Waals surface area contributed by atoms with Crippen molar-refractivity contribution in [2.24, 2.45) is 11.7 Å². The van der Waals surface area contributed by atoms with Gasteiger partial charge in [0.2, 0.25) is 0 Å².